The van der Waals surface area contributed by atoms with E-state index < -0.39 is 28.5 Å². The van der Waals surface area contributed by atoms with Crippen LogP contribution in [0.4, 0.5) is 5.69 Å². The zero-order chi connectivity index (χ0) is 30.1. The molecule has 0 aliphatic carbocycles. The van der Waals surface area contributed by atoms with Crippen molar-refractivity contribution < 1.29 is 18.0 Å². The predicted octanol–water partition coefficient (Wildman–Crippen LogP) is 5.59. The molecule has 0 aliphatic rings. The van der Waals surface area contributed by atoms with Crippen LogP contribution in [0.5, 0.6) is 0 Å². The maximum absolute atomic E-state index is 14.4. The van der Waals surface area contributed by atoms with Gasteiger partial charge in [0.15, 0.2) is 0 Å². The van der Waals surface area contributed by atoms with Crippen LogP contribution < -0.4 is 9.62 Å². The molecule has 0 spiro atoms. The van der Waals surface area contributed by atoms with E-state index in [2.05, 4.69) is 21.2 Å². The molecular formula is C33H34BrN3O4S. The van der Waals surface area contributed by atoms with Crippen LogP contribution in [-0.2, 0) is 39.0 Å². The lowest BCUT2D eigenvalue weighted by molar-refractivity contribution is -0.139. The van der Waals surface area contributed by atoms with Gasteiger partial charge in [0.05, 0.1) is 10.6 Å². The van der Waals surface area contributed by atoms with Gasteiger partial charge in [-0.1, -0.05) is 102 Å². The molecule has 1 atom stereocenters. The summed E-state index contributed by atoms with van der Waals surface area (Å²) in [6.45, 7) is 1.58. The Labute approximate surface area is 256 Å². The molecule has 2 amide bonds. The van der Waals surface area contributed by atoms with E-state index in [1.165, 1.54) is 28.4 Å². The Balaban J connectivity index is 1.80. The Bertz CT molecular complexity index is 1600. The molecule has 1 N–H and O–H groups in total. The van der Waals surface area contributed by atoms with Crippen molar-refractivity contribution in [1.29, 1.82) is 0 Å². The molecule has 0 saturated carbocycles. The second-order valence-corrected chi connectivity index (χ2v) is 12.6. The molecular weight excluding hydrogens is 614 g/mol. The highest BCUT2D eigenvalue weighted by Crippen LogP contribution is 2.28. The number of nitrogens with zero attached hydrogens (tertiary/aromatic N) is 2. The smallest absolute Gasteiger partial charge is 0.264 e. The molecule has 9 heteroatoms. The van der Waals surface area contributed by atoms with E-state index in [4.69, 9.17) is 0 Å². The molecule has 0 saturated heterocycles. The zero-order valence-corrected chi connectivity index (χ0v) is 26.0. The van der Waals surface area contributed by atoms with E-state index in [0.29, 0.717) is 12.1 Å². The third kappa shape index (κ3) is 7.46. The van der Waals surface area contributed by atoms with Crippen molar-refractivity contribution in [2.75, 3.05) is 17.9 Å². The number of rotatable bonds is 12. The summed E-state index contributed by atoms with van der Waals surface area (Å²) in [5.41, 5.74) is 2.90. The largest absolute Gasteiger partial charge is 0.357 e. The fraction of sp³-hybridized carbons (Fsp3) is 0.212. The van der Waals surface area contributed by atoms with Crippen molar-refractivity contribution in [3.8, 4) is 0 Å². The average molecular weight is 649 g/mol. The lowest BCUT2D eigenvalue weighted by Gasteiger charge is -2.34. The van der Waals surface area contributed by atoms with Gasteiger partial charge < -0.3 is 10.2 Å². The van der Waals surface area contributed by atoms with E-state index in [1.54, 1.807) is 30.3 Å². The van der Waals surface area contributed by atoms with Crippen molar-refractivity contribution in [2.24, 2.45) is 0 Å². The van der Waals surface area contributed by atoms with Gasteiger partial charge in [0, 0.05) is 24.5 Å². The first-order valence-electron chi connectivity index (χ1n) is 13.7. The van der Waals surface area contributed by atoms with Gasteiger partial charge in [0.2, 0.25) is 11.8 Å². The van der Waals surface area contributed by atoms with E-state index >= 15 is 0 Å². The molecule has 218 valence electrons. The van der Waals surface area contributed by atoms with E-state index in [0.717, 1.165) is 21.2 Å². The lowest BCUT2D eigenvalue weighted by atomic mass is 10.0. The molecule has 0 aliphatic heterocycles. The zero-order valence-electron chi connectivity index (χ0n) is 23.6. The number of benzene rings is 4. The number of halogens is 1. The maximum atomic E-state index is 14.4. The van der Waals surface area contributed by atoms with Crippen molar-refractivity contribution in [2.45, 2.75) is 37.2 Å². The van der Waals surface area contributed by atoms with Crippen LogP contribution in [0, 0.1) is 0 Å². The molecule has 4 aromatic rings. The number of anilines is 1. The lowest BCUT2D eigenvalue weighted by Crippen LogP contribution is -2.53. The van der Waals surface area contributed by atoms with Crippen LogP contribution in [0.1, 0.15) is 23.6 Å². The van der Waals surface area contributed by atoms with Gasteiger partial charge in [-0.2, -0.15) is 0 Å². The molecule has 0 heterocycles. The Hall–Kier alpha value is -3.95. The standard InChI is InChI=1S/C33H34BrN3O4S/c1-3-27-14-10-11-17-30(27)37(42(40,41)29-15-8-5-9-16-29)24-32(38)36(23-26-18-20-28(34)21-19-26)31(33(39)35-2)22-25-12-6-4-7-13-25/h4-21,31H,3,22-24H2,1-2H3,(H,35,39). The quantitative estimate of drug-likeness (QED) is 0.217. The fourth-order valence-corrected chi connectivity index (χ4v) is 6.53. The fourth-order valence-electron chi connectivity index (χ4n) is 4.79. The van der Waals surface area contributed by atoms with Crippen LogP contribution in [0.3, 0.4) is 0 Å². The minimum atomic E-state index is -4.13. The first kappa shape index (κ1) is 31.0. The summed E-state index contributed by atoms with van der Waals surface area (Å²) >= 11 is 3.45. The molecule has 1 unspecified atom stereocenters. The van der Waals surface area contributed by atoms with E-state index in [9.17, 15) is 18.0 Å². The number of para-hydroxylation sites is 1. The van der Waals surface area contributed by atoms with Crippen molar-refractivity contribution in [3.63, 3.8) is 0 Å². The molecule has 42 heavy (non-hydrogen) atoms. The van der Waals surface area contributed by atoms with Crippen molar-refractivity contribution in [1.82, 2.24) is 10.2 Å². The van der Waals surface area contributed by atoms with E-state index in [-0.39, 0.29) is 23.8 Å². The molecule has 0 aromatic heterocycles. The first-order valence-corrected chi connectivity index (χ1v) is 15.9. The monoisotopic (exact) mass is 647 g/mol. The highest BCUT2D eigenvalue weighted by atomic mass is 79.9. The third-order valence-corrected chi connectivity index (χ3v) is 9.34. The number of carbonyl (C=O) groups is 2. The predicted molar refractivity (Wildman–Crippen MR) is 169 cm³/mol. The minimum absolute atomic E-state index is 0.0790. The Morgan fingerprint density at radius 3 is 2.02 bits per heavy atom. The highest BCUT2D eigenvalue weighted by Gasteiger charge is 2.34. The van der Waals surface area contributed by atoms with Gasteiger partial charge in [0.1, 0.15) is 12.6 Å². The normalized spacial score (nSPS) is 11.9. The number of hydrogen-bond donors (Lipinski definition) is 1. The van der Waals surface area contributed by atoms with Gasteiger partial charge in [-0.15, -0.1) is 0 Å². The number of nitrogens with one attached hydrogen (secondary N) is 1. The van der Waals surface area contributed by atoms with Gasteiger partial charge in [0.25, 0.3) is 10.0 Å². The topological polar surface area (TPSA) is 86.8 Å². The number of sulfonamides is 1. The number of likely N-dealkylation sites (N-methyl/N-ethyl adjacent to an activating group) is 1. The van der Waals surface area contributed by atoms with Crippen LogP contribution in [-0.4, -0.2) is 44.8 Å². The first-order chi connectivity index (χ1) is 20.2. The van der Waals surface area contributed by atoms with Crippen LogP contribution >= 0.6 is 15.9 Å². The van der Waals surface area contributed by atoms with Gasteiger partial charge in [-0.05, 0) is 53.4 Å². The molecule has 4 rings (SSSR count). The number of aryl methyl sites for hydroxylation is 1. The number of carbonyl (C=O) groups excluding carboxylic acids is 2. The summed E-state index contributed by atoms with van der Waals surface area (Å²) in [5.74, 6) is -0.830. The third-order valence-electron chi connectivity index (χ3n) is 7.03. The van der Waals surface area contributed by atoms with Crippen LogP contribution in [0.15, 0.2) is 119 Å². The average Bonchev–Trinajstić information content (AvgIpc) is 3.02. The summed E-state index contributed by atoms with van der Waals surface area (Å²) in [7, 11) is -2.59. The molecule has 0 radical (unpaired) electrons. The van der Waals surface area contributed by atoms with Gasteiger partial charge in [-0.25, -0.2) is 8.42 Å². The Kier molecular flexibility index (Phi) is 10.5. The number of amides is 2. The Morgan fingerprint density at radius 2 is 1.40 bits per heavy atom. The summed E-state index contributed by atoms with van der Waals surface area (Å²) in [6, 6.07) is 31.3. The van der Waals surface area contributed by atoms with E-state index in [1.807, 2.05) is 73.7 Å². The Morgan fingerprint density at radius 1 is 0.810 bits per heavy atom. The summed E-state index contributed by atoms with van der Waals surface area (Å²) in [5, 5.41) is 2.70. The van der Waals surface area contributed by atoms with Crippen molar-refractivity contribution >= 4 is 43.5 Å². The SMILES string of the molecule is CCc1ccccc1N(CC(=O)N(Cc1ccc(Br)cc1)C(Cc1ccccc1)C(=O)NC)S(=O)(=O)c1ccccc1. The van der Waals surface area contributed by atoms with Crippen molar-refractivity contribution in [3.05, 3.63) is 130 Å². The molecule has 0 bridgehead atoms. The molecule has 7 nitrogen and oxygen atoms in total. The maximum Gasteiger partial charge on any atom is 0.264 e. The second kappa shape index (κ2) is 14.3. The minimum Gasteiger partial charge on any atom is -0.357 e. The summed E-state index contributed by atoms with van der Waals surface area (Å²) < 4.78 is 30.2. The van der Waals surface area contributed by atoms with Gasteiger partial charge >= 0.3 is 0 Å². The molecule has 0 fully saturated rings. The van der Waals surface area contributed by atoms with Crippen LogP contribution in [0.2, 0.25) is 0 Å². The second-order valence-electron chi connectivity index (χ2n) is 9.77. The summed E-state index contributed by atoms with van der Waals surface area (Å²) in [4.78, 5) is 29.3. The van der Waals surface area contributed by atoms with Gasteiger partial charge in [-0.3, -0.25) is 13.9 Å². The highest BCUT2D eigenvalue weighted by molar-refractivity contribution is 9.10. The molecule has 4 aromatic carbocycles. The number of hydrogen-bond acceptors (Lipinski definition) is 4. The van der Waals surface area contributed by atoms with Crippen LogP contribution in [0.25, 0.3) is 0 Å². The summed E-state index contributed by atoms with van der Waals surface area (Å²) in [6.07, 6.45) is 0.836.